The summed E-state index contributed by atoms with van der Waals surface area (Å²) in [4.78, 5) is 12.4. The van der Waals surface area contributed by atoms with Crippen molar-refractivity contribution in [2.24, 2.45) is 0 Å². The number of H-pyrrole nitrogens is 1. The van der Waals surface area contributed by atoms with Crippen LogP contribution in [0.2, 0.25) is 5.02 Å². The van der Waals surface area contributed by atoms with E-state index >= 15 is 0 Å². The van der Waals surface area contributed by atoms with Crippen molar-refractivity contribution in [1.29, 1.82) is 0 Å². The molecule has 3 N–H and O–H groups in total. The van der Waals surface area contributed by atoms with Crippen molar-refractivity contribution in [2.75, 3.05) is 10.6 Å². The van der Waals surface area contributed by atoms with Gasteiger partial charge in [0.25, 0.3) is 0 Å². The van der Waals surface area contributed by atoms with Gasteiger partial charge in [-0.1, -0.05) is 23.7 Å². The van der Waals surface area contributed by atoms with Crippen molar-refractivity contribution in [3.8, 4) is 17.0 Å². The molecule has 0 radical (unpaired) electrons. The fourth-order valence-electron chi connectivity index (χ4n) is 2.96. The van der Waals surface area contributed by atoms with E-state index < -0.39 is 6.03 Å². The van der Waals surface area contributed by atoms with Gasteiger partial charge in [-0.15, -0.1) is 0 Å². The Hall–Kier alpha value is -3.36. The number of halogens is 3. The quantitative estimate of drug-likeness (QED) is 0.263. The Morgan fingerprint density at radius 2 is 1.72 bits per heavy atom. The second-order valence-electron chi connectivity index (χ2n) is 6.81. The second kappa shape index (κ2) is 9.84. The SMILES string of the molecule is O=C(Nc1ccc(F)cc1)Nc1ccc(OCc2ccc(Cl)cc2)c(-c2[nH]ncc2Br)c1. The van der Waals surface area contributed by atoms with E-state index in [0.717, 1.165) is 10.0 Å². The van der Waals surface area contributed by atoms with Gasteiger partial charge in [-0.05, 0) is 76.1 Å². The monoisotopic (exact) mass is 514 g/mol. The Balaban J connectivity index is 1.54. The third-order valence-electron chi connectivity index (χ3n) is 4.51. The number of rotatable bonds is 6. The van der Waals surface area contributed by atoms with Crippen LogP contribution in [0.25, 0.3) is 11.3 Å². The molecule has 0 spiro atoms. The summed E-state index contributed by atoms with van der Waals surface area (Å²) in [6, 6.07) is 17.7. The summed E-state index contributed by atoms with van der Waals surface area (Å²) in [5.41, 5.74) is 3.40. The first-order chi connectivity index (χ1) is 15.5. The first-order valence-electron chi connectivity index (χ1n) is 9.52. The van der Waals surface area contributed by atoms with E-state index in [9.17, 15) is 9.18 Å². The molecule has 32 heavy (non-hydrogen) atoms. The summed E-state index contributed by atoms with van der Waals surface area (Å²) >= 11 is 9.41. The van der Waals surface area contributed by atoms with Crippen LogP contribution in [0.1, 0.15) is 5.56 Å². The van der Waals surface area contributed by atoms with Crippen molar-refractivity contribution < 1.29 is 13.9 Å². The molecule has 0 aliphatic rings. The number of nitrogens with one attached hydrogen (secondary N) is 3. The average Bonchev–Trinajstić information content (AvgIpc) is 3.21. The number of benzene rings is 3. The largest absolute Gasteiger partial charge is 0.488 e. The molecule has 0 saturated carbocycles. The zero-order valence-corrected chi connectivity index (χ0v) is 18.9. The molecule has 0 bridgehead atoms. The molecule has 0 aliphatic heterocycles. The maximum atomic E-state index is 13.1. The first-order valence-corrected chi connectivity index (χ1v) is 10.7. The molecule has 4 rings (SSSR count). The van der Waals surface area contributed by atoms with Gasteiger partial charge in [-0.25, -0.2) is 9.18 Å². The van der Waals surface area contributed by atoms with Crippen LogP contribution in [0.15, 0.2) is 77.4 Å². The van der Waals surface area contributed by atoms with Crippen molar-refractivity contribution in [1.82, 2.24) is 10.2 Å². The van der Waals surface area contributed by atoms with Crippen molar-refractivity contribution in [3.63, 3.8) is 0 Å². The molecule has 0 unspecified atom stereocenters. The summed E-state index contributed by atoms with van der Waals surface area (Å²) in [7, 11) is 0. The lowest BCUT2D eigenvalue weighted by Crippen LogP contribution is -2.19. The normalized spacial score (nSPS) is 10.6. The molecule has 162 valence electrons. The zero-order chi connectivity index (χ0) is 22.5. The molecule has 1 aromatic heterocycles. The van der Waals surface area contributed by atoms with Crippen LogP contribution in [-0.4, -0.2) is 16.2 Å². The number of anilines is 2. The van der Waals surface area contributed by atoms with Gasteiger partial charge in [0.15, 0.2) is 0 Å². The maximum Gasteiger partial charge on any atom is 0.323 e. The number of carbonyl (C=O) groups is 1. The topological polar surface area (TPSA) is 79.0 Å². The summed E-state index contributed by atoms with van der Waals surface area (Å²) < 4.78 is 19.8. The minimum atomic E-state index is -0.457. The van der Waals surface area contributed by atoms with Crippen LogP contribution in [0, 0.1) is 5.82 Å². The zero-order valence-electron chi connectivity index (χ0n) is 16.5. The number of nitrogens with zero attached hydrogens (tertiary/aromatic N) is 1. The van der Waals surface area contributed by atoms with Gasteiger partial charge in [0.1, 0.15) is 18.2 Å². The minimum Gasteiger partial charge on any atom is -0.488 e. The molecule has 6 nitrogen and oxygen atoms in total. The molecule has 0 atom stereocenters. The fourth-order valence-corrected chi connectivity index (χ4v) is 3.49. The number of aromatic amines is 1. The molecule has 0 fully saturated rings. The number of urea groups is 1. The Morgan fingerprint density at radius 3 is 2.41 bits per heavy atom. The molecular weight excluding hydrogens is 499 g/mol. The Labute approximate surface area is 196 Å². The maximum absolute atomic E-state index is 13.1. The number of aromatic nitrogens is 2. The third kappa shape index (κ3) is 5.46. The number of amides is 2. The van der Waals surface area contributed by atoms with Crippen LogP contribution in [-0.2, 0) is 6.61 Å². The van der Waals surface area contributed by atoms with Crippen molar-refractivity contribution >= 4 is 44.9 Å². The van der Waals surface area contributed by atoms with E-state index in [-0.39, 0.29) is 5.82 Å². The molecule has 3 aromatic carbocycles. The van der Waals surface area contributed by atoms with Gasteiger partial charge >= 0.3 is 6.03 Å². The van der Waals surface area contributed by atoms with Gasteiger partial charge in [-0.3, -0.25) is 5.10 Å². The molecule has 9 heteroatoms. The molecule has 0 saturated heterocycles. The summed E-state index contributed by atoms with van der Waals surface area (Å²) in [6.07, 6.45) is 1.64. The van der Waals surface area contributed by atoms with Crippen LogP contribution in [0.4, 0.5) is 20.6 Å². The van der Waals surface area contributed by atoms with E-state index in [1.807, 2.05) is 12.1 Å². The van der Waals surface area contributed by atoms with E-state index in [2.05, 4.69) is 36.8 Å². The minimum absolute atomic E-state index is 0.341. The van der Waals surface area contributed by atoms with E-state index in [1.54, 1.807) is 36.5 Å². The highest BCUT2D eigenvalue weighted by Gasteiger charge is 2.14. The van der Waals surface area contributed by atoms with Gasteiger partial charge in [0.05, 0.1) is 16.4 Å². The predicted molar refractivity (Wildman–Crippen MR) is 127 cm³/mol. The summed E-state index contributed by atoms with van der Waals surface area (Å²) in [5.74, 6) is 0.231. The molecule has 2 amide bonds. The number of ether oxygens (including phenoxy) is 1. The fraction of sp³-hybridized carbons (Fsp3) is 0.0435. The highest BCUT2D eigenvalue weighted by molar-refractivity contribution is 9.10. The smallest absolute Gasteiger partial charge is 0.323 e. The van der Waals surface area contributed by atoms with Crippen LogP contribution in [0.5, 0.6) is 5.75 Å². The summed E-state index contributed by atoms with van der Waals surface area (Å²) in [6.45, 7) is 0.341. The van der Waals surface area contributed by atoms with E-state index in [1.165, 1.54) is 24.3 Å². The van der Waals surface area contributed by atoms with Crippen LogP contribution < -0.4 is 15.4 Å². The standard InChI is InChI=1S/C23H17BrClFN4O2/c24-20-12-27-30-22(20)19-11-18(29-23(31)28-17-7-5-16(26)6-8-17)9-10-21(19)32-13-14-1-3-15(25)4-2-14/h1-12H,13H2,(H,27,30)(H2,28,29,31). The Morgan fingerprint density at radius 1 is 1.03 bits per heavy atom. The van der Waals surface area contributed by atoms with Gasteiger partial charge < -0.3 is 15.4 Å². The Kier molecular flexibility index (Phi) is 6.72. The highest BCUT2D eigenvalue weighted by atomic mass is 79.9. The number of carbonyl (C=O) groups excluding carboxylic acids is 1. The Bertz CT molecular complexity index is 1230. The molecular formula is C23H17BrClFN4O2. The lowest BCUT2D eigenvalue weighted by Gasteiger charge is -2.14. The van der Waals surface area contributed by atoms with Crippen LogP contribution in [0.3, 0.4) is 0 Å². The van der Waals surface area contributed by atoms with E-state index in [4.69, 9.17) is 16.3 Å². The molecule has 1 heterocycles. The predicted octanol–water partition coefficient (Wildman–Crippen LogP) is 6.85. The number of hydrogen-bond acceptors (Lipinski definition) is 3. The first kappa shape index (κ1) is 21.9. The number of hydrogen-bond donors (Lipinski definition) is 3. The lowest BCUT2D eigenvalue weighted by molar-refractivity contribution is 0.262. The third-order valence-corrected chi connectivity index (χ3v) is 5.36. The van der Waals surface area contributed by atoms with Gasteiger partial charge in [0, 0.05) is 22.0 Å². The highest BCUT2D eigenvalue weighted by Crippen LogP contribution is 2.36. The lowest BCUT2D eigenvalue weighted by atomic mass is 10.1. The van der Waals surface area contributed by atoms with Crippen molar-refractivity contribution in [3.05, 3.63) is 93.8 Å². The van der Waals surface area contributed by atoms with Crippen LogP contribution >= 0.6 is 27.5 Å². The second-order valence-corrected chi connectivity index (χ2v) is 8.10. The molecule has 0 aliphatic carbocycles. The summed E-state index contributed by atoms with van der Waals surface area (Å²) in [5, 5.41) is 13.1. The van der Waals surface area contributed by atoms with Gasteiger partial charge in [0.2, 0.25) is 0 Å². The molecule has 4 aromatic rings. The van der Waals surface area contributed by atoms with Crippen molar-refractivity contribution in [2.45, 2.75) is 6.61 Å². The van der Waals surface area contributed by atoms with Gasteiger partial charge in [-0.2, -0.15) is 5.10 Å². The van der Waals surface area contributed by atoms with E-state index in [0.29, 0.717) is 40.0 Å². The average molecular weight is 516 g/mol.